The molecule has 0 bridgehead atoms. The lowest BCUT2D eigenvalue weighted by Gasteiger charge is -2.16. The molecule has 0 aliphatic heterocycles. The Morgan fingerprint density at radius 1 is 1.33 bits per heavy atom. The van der Waals surface area contributed by atoms with E-state index in [2.05, 4.69) is 25.7 Å². The molecule has 1 saturated carbocycles. The lowest BCUT2D eigenvalue weighted by molar-refractivity contribution is 0.0952. The number of nitrogen functional groups attached to an aromatic ring is 1. The van der Waals surface area contributed by atoms with E-state index in [0.29, 0.717) is 40.0 Å². The average Bonchev–Trinajstić information content (AvgIpc) is 3.44. The van der Waals surface area contributed by atoms with Crippen LogP contribution in [0.15, 0.2) is 24.5 Å². The first kappa shape index (κ1) is 21.4. The van der Waals surface area contributed by atoms with Gasteiger partial charge in [0.1, 0.15) is 22.9 Å². The largest absolute Gasteiger partial charge is 0.473 e. The molecule has 3 aromatic heterocycles. The number of hydrogen-bond acceptors (Lipinski definition) is 7. The fourth-order valence-electron chi connectivity index (χ4n) is 2.80. The van der Waals surface area contributed by atoms with Crippen LogP contribution < -0.4 is 21.1 Å². The van der Waals surface area contributed by atoms with Crippen LogP contribution in [0.4, 0.5) is 17.3 Å². The minimum absolute atomic E-state index is 0.0235. The van der Waals surface area contributed by atoms with Gasteiger partial charge in [0.25, 0.3) is 5.91 Å². The summed E-state index contributed by atoms with van der Waals surface area (Å²) >= 11 is 0. The SMILES string of the molecule is CC.Cc1c(Nc2cccnc2OC(C)C)nc2c(C(=O)NC3CC3)cnn2c1N. The van der Waals surface area contributed by atoms with Crippen LogP contribution in [0.25, 0.3) is 5.65 Å². The van der Waals surface area contributed by atoms with Crippen LogP contribution in [0.3, 0.4) is 0 Å². The number of nitrogens with one attached hydrogen (secondary N) is 2. The summed E-state index contributed by atoms with van der Waals surface area (Å²) in [5.41, 5.74) is 8.44. The van der Waals surface area contributed by atoms with Crippen molar-refractivity contribution in [3.05, 3.63) is 35.7 Å². The van der Waals surface area contributed by atoms with Crippen molar-refractivity contribution in [3.8, 4) is 5.88 Å². The molecule has 9 nitrogen and oxygen atoms in total. The molecule has 0 unspecified atom stereocenters. The second kappa shape index (κ2) is 8.98. The van der Waals surface area contributed by atoms with E-state index in [1.54, 1.807) is 12.3 Å². The van der Waals surface area contributed by atoms with Crippen LogP contribution in [-0.4, -0.2) is 37.6 Å². The summed E-state index contributed by atoms with van der Waals surface area (Å²) in [5.74, 6) is 1.21. The number of carbonyl (C=O) groups is 1. The zero-order valence-electron chi connectivity index (χ0n) is 18.1. The summed E-state index contributed by atoms with van der Waals surface area (Å²) in [4.78, 5) is 21.4. The van der Waals surface area contributed by atoms with Gasteiger partial charge in [-0.15, -0.1) is 0 Å². The van der Waals surface area contributed by atoms with Gasteiger partial charge in [0.05, 0.1) is 12.3 Å². The number of aromatic nitrogens is 4. The first-order valence-corrected chi connectivity index (χ1v) is 10.3. The second-order valence-electron chi connectivity index (χ2n) is 7.16. The number of nitrogens with zero attached hydrogens (tertiary/aromatic N) is 4. The van der Waals surface area contributed by atoms with E-state index >= 15 is 0 Å². The van der Waals surface area contributed by atoms with Gasteiger partial charge in [-0.3, -0.25) is 4.79 Å². The standard InChI is InChI=1S/C19H23N7O2.C2H6/c1-10(2)28-19-14(5-4-8-21-19)24-16-11(3)15(20)26-17(25-16)13(9-22-26)18(27)23-12-6-7-12;1-2/h4-5,8-10,12H,6-7,20H2,1-3H3,(H,23,27)(H,24,25);1-2H3. The molecule has 4 N–H and O–H groups in total. The maximum atomic E-state index is 12.5. The lowest BCUT2D eigenvalue weighted by atomic mass is 10.2. The molecule has 0 spiro atoms. The van der Waals surface area contributed by atoms with Gasteiger partial charge in [-0.1, -0.05) is 13.8 Å². The van der Waals surface area contributed by atoms with Gasteiger partial charge < -0.3 is 21.1 Å². The van der Waals surface area contributed by atoms with Crippen molar-refractivity contribution in [1.82, 2.24) is 24.9 Å². The van der Waals surface area contributed by atoms with Crippen molar-refractivity contribution >= 4 is 28.9 Å². The summed E-state index contributed by atoms with van der Waals surface area (Å²) in [5, 5.41) is 10.4. The van der Waals surface area contributed by atoms with Gasteiger partial charge in [0.15, 0.2) is 5.65 Å². The number of amides is 1. The fraction of sp³-hybridized carbons (Fsp3) is 0.429. The maximum Gasteiger partial charge on any atom is 0.256 e. The zero-order valence-corrected chi connectivity index (χ0v) is 18.1. The summed E-state index contributed by atoms with van der Waals surface area (Å²) in [6.45, 7) is 9.71. The average molecular weight is 412 g/mol. The molecule has 0 atom stereocenters. The highest BCUT2D eigenvalue weighted by Crippen LogP contribution is 2.30. The molecule has 1 aliphatic rings. The molecule has 9 heteroatoms. The molecular weight excluding hydrogens is 382 g/mol. The van der Waals surface area contributed by atoms with E-state index < -0.39 is 0 Å². The molecule has 1 fully saturated rings. The highest BCUT2D eigenvalue weighted by atomic mass is 16.5. The van der Waals surface area contributed by atoms with Crippen LogP contribution in [0.5, 0.6) is 5.88 Å². The van der Waals surface area contributed by atoms with Crippen molar-refractivity contribution in [2.75, 3.05) is 11.1 Å². The van der Waals surface area contributed by atoms with E-state index in [1.165, 1.54) is 10.7 Å². The van der Waals surface area contributed by atoms with Crippen molar-refractivity contribution in [2.24, 2.45) is 0 Å². The molecule has 0 radical (unpaired) electrons. The number of carbonyl (C=O) groups excluding carboxylic acids is 1. The molecule has 1 aliphatic carbocycles. The Bertz CT molecular complexity index is 1040. The van der Waals surface area contributed by atoms with Crippen LogP contribution in [0, 0.1) is 6.92 Å². The maximum absolute atomic E-state index is 12.5. The van der Waals surface area contributed by atoms with Gasteiger partial charge in [0, 0.05) is 17.8 Å². The van der Waals surface area contributed by atoms with Gasteiger partial charge in [-0.05, 0) is 45.7 Å². The minimum Gasteiger partial charge on any atom is -0.473 e. The minimum atomic E-state index is -0.190. The normalized spacial score (nSPS) is 13.0. The highest BCUT2D eigenvalue weighted by Gasteiger charge is 2.26. The summed E-state index contributed by atoms with van der Waals surface area (Å²) in [7, 11) is 0. The van der Waals surface area contributed by atoms with Crippen LogP contribution in [-0.2, 0) is 0 Å². The Hall–Kier alpha value is -3.36. The molecule has 30 heavy (non-hydrogen) atoms. The zero-order chi connectivity index (χ0) is 21.8. The van der Waals surface area contributed by atoms with Crippen molar-refractivity contribution < 1.29 is 9.53 Å². The fourth-order valence-corrected chi connectivity index (χ4v) is 2.80. The van der Waals surface area contributed by atoms with Crippen LogP contribution in [0.1, 0.15) is 56.5 Å². The Morgan fingerprint density at radius 2 is 2.07 bits per heavy atom. The third kappa shape index (κ3) is 4.45. The number of ether oxygens (including phenoxy) is 1. The third-order valence-electron chi connectivity index (χ3n) is 4.46. The molecule has 160 valence electrons. The van der Waals surface area contributed by atoms with E-state index in [4.69, 9.17) is 10.5 Å². The van der Waals surface area contributed by atoms with E-state index in [9.17, 15) is 4.79 Å². The van der Waals surface area contributed by atoms with E-state index in [-0.39, 0.29) is 18.1 Å². The molecule has 0 saturated heterocycles. The number of nitrogens with two attached hydrogens (primary N) is 1. The predicted octanol–water partition coefficient (Wildman–Crippen LogP) is 3.46. The number of anilines is 3. The molecule has 1 amide bonds. The molecule has 4 rings (SSSR count). The Kier molecular flexibility index (Phi) is 6.39. The second-order valence-corrected chi connectivity index (χ2v) is 7.16. The van der Waals surface area contributed by atoms with Gasteiger partial charge >= 0.3 is 0 Å². The van der Waals surface area contributed by atoms with Gasteiger partial charge in [-0.2, -0.15) is 9.61 Å². The smallest absolute Gasteiger partial charge is 0.256 e. The Balaban J connectivity index is 0.00000124. The van der Waals surface area contributed by atoms with Crippen molar-refractivity contribution in [2.45, 2.75) is 59.6 Å². The number of pyridine rings is 1. The summed E-state index contributed by atoms with van der Waals surface area (Å²) in [6, 6.07) is 3.90. The predicted molar refractivity (Wildman–Crippen MR) is 117 cm³/mol. The lowest BCUT2D eigenvalue weighted by Crippen LogP contribution is -2.25. The van der Waals surface area contributed by atoms with Crippen molar-refractivity contribution in [3.63, 3.8) is 0 Å². The van der Waals surface area contributed by atoms with Crippen LogP contribution >= 0.6 is 0 Å². The van der Waals surface area contributed by atoms with Gasteiger partial charge in [-0.25, -0.2) is 9.97 Å². The Morgan fingerprint density at radius 3 is 2.73 bits per heavy atom. The topological polar surface area (TPSA) is 119 Å². The van der Waals surface area contributed by atoms with E-state index in [0.717, 1.165) is 12.8 Å². The molecule has 3 aromatic rings. The summed E-state index contributed by atoms with van der Waals surface area (Å²) in [6.07, 6.45) is 5.15. The van der Waals surface area contributed by atoms with Gasteiger partial charge in [0.2, 0.25) is 5.88 Å². The monoisotopic (exact) mass is 411 g/mol. The molecular formula is C21H29N7O2. The van der Waals surface area contributed by atoms with Crippen LogP contribution in [0.2, 0.25) is 0 Å². The van der Waals surface area contributed by atoms with Crippen molar-refractivity contribution in [1.29, 1.82) is 0 Å². The number of hydrogen-bond donors (Lipinski definition) is 3. The Labute approximate surface area is 176 Å². The summed E-state index contributed by atoms with van der Waals surface area (Å²) < 4.78 is 7.24. The quantitative estimate of drug-likeness (QED) is 0.568. The highest BCUT2D eigenvalue weighted by molar-refractivity contribution is 6.00. The first-order chi connectivity index (χ1) is 14.4. The molecule has 0 aromatic carbocycles. The molecule has 3 heterocycles. The first-order valence-electron chi connectivity index (χ1n) is 10.3. The van der Waals surface area contributed by atoms with E-state index in [1.807, 2.05) is 40.7 Å². The number of rotatable bonds is 6. The number of fused-ring (bicyclic) bond motifs is 1. The third-order valence-corrected chi connectivity index (χ3v) is 4.46.